The van der Waals surface area contributed by atoms with Crippen LogP contribution in [0.4, 0.5) is 0 Å². The summed E-state index contributed by atoms with van der Waals surface area (Å²) in [5.41, 5.74) is 25.6. The molecule has 43 nitrogen and oxygen atoms in total. The number of aromatic hydroxyl groups is 1. The summed E-state index contributed by atoms with van der Waals surface area (Å²) in [5, 5.41) is 71.2. The molecule has 0 spiro atoms. The molecule has 5 aromatic rings. The monoisotopic (exact) mass is 1870 g/mol. The summed E-state index contributed by atoms with van der Waals surface area (Å²) in [7, 11) is 3.89. The number of H-pyrrole nitrogens is 2. The van der Waals surface area contributed by atoms with Crippen molar-refractivity contribution in [1.82, 2.24) is 93.0 Å². The maximum Gasteiger partial charge on any atom is 0.246 e. The second kappa shape index (κ2) is 50.0. The topological polar surface area (TPSA) is 659 Å². The van der Waals surface area contributed by atoms with Crippen molar-refractivity contribution in [1.29, 1.82) is 5.41 Å². The molecular formula is C89H129N23O20S. The second-order valence-corrected chi connectivity index (χ2v) is 35.4. The first-order valence-electron chi connectivity index (χ1n) is 44.7. The van der Waals surface area contributed by atoms with Gasteiger partial charge in [-0.1, -0.05) is 102 Å². The number of phenols is 1. The molecule has 3 saturated heterocycles. The van der Waals surface area contributed by atoms with Gasteiger partial charge in [-0.15, -0.1) is 11.8 Å². The van der Waals surface area contributed by atoms with Crippen LogP contribution in [-0.4, -0.2) is 318 Å². The SMILES string of the molecule is CCCC[C@H]1C(=O)N(C)[C@@H](CCCC)C(=O)N[C@@H](CCCNC(=N)N)C(=O)N[C@H](C(=O)NCC(N)=O)CSCC(=O)N[C@@H](Cc2ccc(O)cc2)C(=O)N(C)[C@@H](C)C(=O)N[C@H](CC(N)=O)C(=O)N2CCC[C@H]2C(=O)N[C@@H](CN)C(=O)N[C@@H](CC(C)C)C(=O)N2C[C@H](O)C[C@H]2C(=O)N[C@@H](Cc2c[nH]c3ccccc23)C(=O)N[C@@H]([C@@H](C)O)C(=O)N[C@@H](Cc2c[nH]c3ccccc23)C(=O)N1C. The van der Waals surface area contributed by atoms with Crippen molar-refractivity contribution in [2.75, 3.05) is 65.4 Å². The van der Waals surface area contributed by atoms with Gasteiger partial charge in [-0.05, 0) is 106 Å². The van der Waals surface area contributed by atoms with E-state index in [4.69, 9.17) is 28.3 Å². The third-order valence-corrected chi connectivity index (χ3v) is 24.9. The van der Waals surface area contributed by atoms with E-state index in [-0.39, 0.29) is 89.0 Å². The number of carbonyl (C=O) groups excluding carboxylic acids is 17. The van der Waals surface area contributed by atoms with Crippen molar-refractivity contribution in [2.45, 2.75) is 241 Å². The Hall–Kier alpha value is -13.0. The Bertz CT molecular complexity index is 4990. The number of aliphatic hydroxyl groups is 2. The molecule has 0 saturated carbocycles. The number of aromatic nitrogens is 2. The Morgan fingerprint density at radius 3 is 1.68 bits per heavy atom. The number of aliphatic hydroxyl groups excluding tert-OH is 2. The molecule has 16 atom stereocenters. The van der Waals surface area contributed by atoms with Crippen LogP contribution in [0.25, 0.3) is 21.8 Å². The number of aromatic amines is 2. The lowest BCUT2D eigenvalue weighted by molar-refractivity contribution is -0.149. The number of hydrogen-bond acceptors (Lipinski definition) is 23. The number of primary amides is 2. The lowest BCUT2D eigenvalue weighted by Gasteiger charge is -2.36. The van der Waals surface area contributed by atoms with Crippen LogP contribution in [0, 0.1) is 11.3 Å². The van der Waals surface area contributed by atoms with Gasteiger partial charge in [-0.2, -0.15) is 0 Å². The number of nitrogens with two attached hydrogens (primary N) is 4. The highest BCUT2D eigenvalue weighted by atomic mass is 32.2. The summed E-state index contributed by atoms with van der Waals surface area (Å²) in [6.07, 6.45) is -0.522. The van der Waals surface area contributed by atoms with Crippen LogP contribution in [-0.2, 0) is 101 Å². The van der Waals surface area contributed by atoms with Crippen LogP contribution >= 0.6 is 11.8 Å². The zero-order chi connectivity index (χ0) is 97.8. The fourth-order valence-electron chi connectivity index (χ4n) is 16.4. The molecule has 0 radical (unpaired) electrons. The van der Waals surface area contributed by atoms with Gasteiger partial charge < -0.3 is 131 Å². The molecule has 44 heteroatoms. The number of fused-ring (bicyclic) bond motifs is 4. The molecule has 2 aromatic heterocycles. The van der Waals surface area contributed by atoms with Crippen LogP contribution < -0.4 is 81.4 Å². The molecule has 0 unspecified atom stereocenters. The zero-order valence-electron chi connectivity index (χ0n) is 76.4. The Morgan fingerprint density at radius 2 is 1.08 bits per heavy atom. The van der Waals surface area contributed by atoms with Gasteiger partial charge in [0.2, 0.25) is 100 Å². The van der Waals surface area contributed by atoms with Gasteiger partial charge in [-0.25, -0.2) is 0 Å². The molecule has 8 rings (SSSR count). The maximum absolute atomic E-state index is 15.8. The number of carbonyl (C=O) groups is 17. The average Bonchev–Trinajstić information content (AvgIpc) is 1.76. The number of thioether (sulfide) groups is 1. The number of benzene rings is 3. The number of guanidine groups is 1. The fraction of sp³-hybridized carbons (Fsp3) is 0.551. The van der Waals surface area contributed by atoms with E-state index in [1.54, 1.807) is 74.8 Å². The van der Waals surface area contributed by atoms with Crippen molar-refractivity contribution in [3.8, 4) is 5.75 Å². The molecule has 3 aromatic carbocycles. The first-order chi connectivity index (χ1) is 63.1. The Balaban J connectivity index is 1.20. The number of phenolic OH excluding ortho intramolecular Hbond substituents is 1. The second-order valence-electron chi connectivity index (χ2n) is 34.4. The van der Waals surface area contributed by atoms with Gasteiger partial charge in [0.25, 0.3) is 0 Å². The number of amides is 17. The fourth-order valence-corrected chi connectivity index (χ4v) is 17.2. The number of nitrogens with zero attached hydrogens (tertiary/aromatic N) is 5. The van der Waals surface area contributed by atoms with Gasteiger partial charge >= 0.3 is 0 Å². The molecule has 726 valence electrons. The summed E-state index contributed by atoms with van der Waals surface area (Å²) in [6.45, 7) is 7.68. The van der Waals surface area contributed by atoms with Crippen molar-refractivity contribution >= 4 is 140 Å². The highest BCUT2D eigenvalue weighted by molar-refractivity contribution is 8.00. The van der Waals surface area contributed by atoms with E-state index in [0.29, 0.717) is 64.2 Å². The predicted molar refractivity (Wildman–Crippen MR) is 491 cm³/mol. The predicted octanol–water partition coefficient (Wildman–Crippen LogP) is -3.55. The third-order valence-electron chi connectivity index (χ3n) is 23.8. The van der Waals surface area contributed by atoms with Gasteiger partial charge in [0.15, 0.2) is 5.96 Å². The molecule has 5 heterocycles. The normalized spacial score (nSPS) is 25.2. The number of rotatable bonds is 25. The number of nitrogens with one attached hydrogen (secondary N) is 14. The van der Waals surface area contributed by atoms with E-state index in [9.17, 15) is 63.3 Å². The van der Waals surface area contributed by atoms with Crippen LogP contribution in [0.3, 0.4) is 0 Å². The molecule has 25 N–H and O–H groups in total. The number of likely N-dealkylation sites (N-methyl/N-ethyl adjacent to an activating group) is 3. The Morgan fingerprint density at radius 1 is 0.549 bits per heavy atom. The minimum Gasteiger partial charge on any atom is -0.508 e. The van der Waals surface area contributed by atoms with Gasteiger partial charge in [0, 0.05) is 113 Å². The first kappa shape index (κ1) is 105. The standard InChI is InChI=1S/C89H129N23O20S/c1-10-12-25-67-80(124)100-59(24-18-32-95-89(93)94)77(121)106-66(76(120)98-43-72(92)117)45-133-46-73(118)99-62(35-50-28-30-53(114)31-29-50)84(128)108(7)48(5)75(119)102-64(39-71(91)116)86(130)111-33-19-27-68(111)81(125)105-65(40-90)79(123)103-61(34-47(3)4)87(131)112-44-54(115)38-70(112)82(126)101-60(36-51-41-96-57-22-16-14-20-55(51)57)78(122)107-74(49(6)113)83(127)104-63(37-52-42-97-58-23-17-15-21-56(52)58)85(129)110(9)69(26-13-11-2)88(132)109(67)8/h14-17,20-23,28-31,41-42,47-49,54,59-70,74,96-97,113-115H,10-13,18-19,24-27,32-40,43-46,90H2,1-9H3,(H2,91,116)(H2,92,117)(H,98,120)(H,99,118)(H,100,124)(H,101,126)(H,102,119)(H,103,123)(H,104,127)(H,105,125)(H,106,121)(H,107,122)(H4,93,94,95)/t48-,49+,54+,59-,60-,61-,62-,63-,64+,65-,66-,67-,68-,69-,70-,74-/m0/s1. The molecule has 0 bridgehead atoms. The van der Waals surface area contributed by atoms with Gasteiger partial charge in [0.05, 0.1) is 30.9 Å². The van der Waals surface area contributed by atoms with Crippen LogP contribution in [0.1, 0.15) is 142 Å². The van der Waals surface area contributed by atoms with Gasteiger partial charge in [0.1, 0.15) is 90.3 Å². The molecule has 133 heavy (non-hydrogen) atoms. The number of hydrogen-bond donors (Lipinski definition) is 21. The largest absolute Gasteiger partial charge is 0.508 e. The lowest BCUT2D eigenvalue weighted by Crippen LogP contribution is -2.62. The van der Waals surface area contributed by atoms with E-state index in [1.165, 1.54) is 59.3 Å². The minimum absolute atomic E-state index is 0.0146. The van der Waals surface area contributed by atoms with Crippen molar-refractivity contribution in [3.05, 3.63) is 102 Å². The van der Waals surface area contributed by atoms with Crippen molar-refractivity contribution in [2.24, 2.45) is 28.9 Å². The molecule has 3 aliphatic heterocycles. The maximum atomic E-state index is 15.8. The molecular weight excluding hydrogens is 1740 g/mol. The summed E-state index contributed by atoms with van der Waals surface area (Å²) in [4.78, 5) is 261. The lowest BCUT2D eigenvalue weighted by atomic mass is 9.99. The highest BCUT2D eigenvalue weighted by Gasteiger charge is 2.47. The molecule has 17 amide bonds. The van der Waals surface area contributed by atoms with E-state index >= 15 is 33.6 Å². The van der Waals surface area contributed by atoms with E-state index in [2.05, 4.69) is 68.5 Å². The smallest absolute Gasteiger partial charge is 0.246 e. The zero-order valence-corrected chi connectivity index (χ0v) is 77.2. The average molecular weight is 1870 g/mol. The molecule has 0 aliphatic carbocycles. The van der Waals surface area contributed by atoms with E-state index < -0.39 is 247 Å². The summed E-state index contributed by atoms with van der Waals surface area (Å²) in [6, 6.07) is -2.37. The summed E-state index contributed by atoms with van der Waals surface area (Å²) >= 11 is 0.759. The van der Waals surface area contributed by atoms with Crippen molar-refractivity contribution < 1.29 is 96.8 Å². The van der Waals surface area contributed by atoms with Crippen LogP contribution in [0.15, 0.2) is 85.2 Å². The van der Waals surface area contributed by atoms with E-state index in [0.717, 1.165) is 36.3 Å². The number of unbranched alkanes of at least 4 members (excludes halogenated alkanes) is 2. The first-order valence-corrected chi connectivity index (χ1v) is 45.9. The van der Waals surface area contributed by atoms with Crippen LogP contribution in [0.5, 0.6) is 5.75 Å². The molecule has 3 fully saturated rings. The van der Waals surface area contributed by atoms with Crippen LogP contribution in [0.2, 0.25) is 0 Å². The van der Waals surface area contributed by atoms with Crippen molar-refractivity contribution in [3.63, 3.8) is 0 Å². The van der Waals surface area contributed by atoms with E-state index in [1.807, 2.05) is 13.8 Å². The highest BCUT2D eigenvalue weighted by Crippen LogP contribution is 2.28. The third kappa shape index (κ3) is 29.5. The Labute approximate surface area is 774 Å². The van der Waals surface area contributed by atoms with Gasteiger partial charge in [-0.3, -0.25) is 86.9 Å². The number of para-hydroxylation sites is 2. The minimum atomic E-state index is -1.92. The summed E-state index contributed by atoms with van der Waals surface area (Å²) < 4.78 is 0. The quantitative estimate of drug-likeness (QED) is 0.0153. The molecule has 3 aliphatic rings. The summed E-state index contributed by atoms with van der Waals surface area (Å²) in [5.74, 6) is -18.2. The Kier molecular flexibility index (Phi) is 39.7.